The predicted octanol–water partition coefficient (Wildman–Crippen LogP) is 0.477. The maximum atomic E-state index is 8.63. The highest BCUT2D eigenvalue weighted by molar-refractivity contribution is 4.92. The molecular formula is C5H7NO2. The van der Waals surface area contributed by atoms with E-state index in [-0.39, 0.29) is 5.95 Å². The van der Waals surface area contributed by atoms with Crippen molar-refractivity contribution in [2.24, 2.45) is 0 Å². The van der Waals surface area contributed by atoms with Gasteiger partial charge in [0.2, 0.25) is 0 Å². The molecule has 1 aliphatic heterocycles. The number of hydrogen-bond donors (Lipinski definition) is 2. The molecule has 1 rings (SSSR count). The monoisotopic (exact) mass is 113 g/mol. The van der Waals surface area contributed by atoms with Crippen LogP contribution < -0.4 is 5.32 Å². The fourth-order valence-electron chi connectivity index (χ4n) is 0.411. The number of aliphatic hydroxyl groups is 1. The van der Waals surface area contributed by atoms with Crippen LogP contribution in [0.1, 0.15) is 0 Å². The Bertz CT molecular complexity index is 128. The first-order valence-corrected chi connectivity index (χ1v) is 2.32. The molecule has 0 saturated heterocycles. The number of aliphatic hydroxyl groups excluding tert-OH is 1. The van der Waals surface area contributed by atoms with Crippen molar-refractivity contribution in [3.63, 3.8) is 0 Å². The number of ether oxygens (including phenoxy) is 1. The third-order valence-electron chi connectivity index (χ3n) is 0.748. The Hall–Kier alpha value is -1.12. The van der Waals surface area contributed by atoms with Crippen LogP contribution in [0.3, 0.4) is 0 Å². The van der Waals surface area contributed by atoms with Gasteiger partial charge in [0, 0.05) is 6.20 Å². The van der Waals surface area contributed by atoms with E-state index in [1.807, 2.05) is 0 Å². The van der Waals surface area contributed by atoms with Gasteiger partial charge in [0.15, 0.2) is 0 Å². The summed E-state index contributed by atoms with van der Waals surface area (Å²) in [6, 6.07) is 0. The standard InChI is InChI=1S/C5H7NO2/c7-5-4-6-2-1-3-8-5/h1-2,4,6-7H,3H2. The van der Waals surface area contributed by atoms with Gasteiger partial charge in [0.25, 0.3) is 5.95 Å². The van der Waals surface area contributed by atoms with Crippen molar-refractivity contribution in [1.29, 1.82) is 0 Å². The lowest BCUT2D eigenvalue weighted by Crippen LogP contribution is -1.93. The van der Waals surface area contributed by atoms with E-state index in [1.54, 1.807) is 12.3 Å². The maximum Gasteiger partial charge on any atom is 0.293 e. The van der Waals surface area contributed by atoms with Crippen LogP contribution in [-0.4, -0.2) is 11.7 Å². The summed E-state index contributed by atoms with van der Waals surface area (Å²) in [7, 11) is 0. The zero-order valence-electron chi connectivity index (χ0n) is 4.29. The molecule has 1 heterocycles. The highest BCUT2D eigenvalue weighted by Crippen LogP contribution is 1.91. The third kappa shape index (κ3) is 1.18. The summed E-state index contributed by atoms with van der Waals surface area (Å²) in [5.74, 6) is -0.0741. The van der Waals surface area contributed by atoms with E-state index < -0.39 is 0 Å². The molecule has 0 unspecified atom stereocenters. The summed E-state index contributed by atoms with van der Waals surface area (Å²) in [4.78, 5) is 0. The lowest BCUT2D eigenvalue weighted by atomic mass is 10.6. The van der Waals surface area contributed by atoms with Crippen LogP contribution in [0.4, 0.5) is 0 Å². The Kier molecular flexibility index (Phi) is 1.42. The smallest absolute Gasteiger partial charge is 0.293 e. The number of hydrogen-bond acceptors (Lipinski definition) is 3. The lowest BCUT2D eigenvalue weighted by Gasteiger charge is -1.95. The van der Waals surface area contributed by atoms with Crippen LogP contribution in [0.2, 0.25) is 0 Å². The topological polar surface area (TPSA) is 41.5 Å². The maximum absolute atomic E-state index is 8.63. The van der Waals surface area contributed by atoms with Gasteiger partial charge in [0.1, 0.15) is 6.61 Å². The third-order valence-corrected chi connectivity index (χ3v) is 0.748. The molecule has 0 aromatic carbocycles. The SMILES string of the molecule is OC1=CNC=CCO1. The fraction of sp³-hybridized carbons (Fsp3) is 0.200. The number of rotatable bonds is 0. The zero-order chi connectivity index (χ0) is 5.82. The van der Waals surface area contributed by atoms with Crippen LogP contribution in [0.5, 0.6) is 0 Å². The Morgan fingerprint density at radius 3 is 3.50 bits per heavy atom. The minimum absolute atomic E-state index is 0.0741. The van der Waals surface area contributed by atoms with Crippen molar-refractivity contribution >= 4 is 0 Å². The Morgan fingerprint density at radius 2 is 2.62 bits per heavy atom. The molecule has 0 atom stereocenters. The van der Waals surface area contributed by atoms with E-state index in [2.05, 4.69) is 10.1 Å². The molecule has 0 fully saturated rings. The van der Waals surface area contributed by atoms with Gasteiger partial charge in [-0.3, -0.25) is 0 Å². The van der Waals surface area contributed by atoms with E-state index >= 15 is 0 Å². The summed E-state index contributed by atoms with van der Waals surface area (Å²) in [6.45, 7) is 0.426. The van der Waals surface area contributed by atoms with Crippen molar-refractivity contribution < 1.29 is 9.84 Å². The molecule has 0 aromatic rings. The van der Waals surface area contributed by atoms with Crippen LogP contribution in [-0.2, 0) is 4.74 Å². The van der Waals surface area contributed by atoms with E-state index in [9.17, 15) is 0 Å². The highest BCUT2D eigenvalue weighted by atomic mass is 16.6. The van der Waals surface area contributed by atoms with E-state index in [4.69, 9.17) is 5.11 Å². The second-order valence-electron chi connectivity index (χ2n) is 1.36. The van der Waals surface area contributed by atoms with Crippen molar-refractivity contribution in [1.82, 2.24) is 5.32 Å². The fourth-order valence-corrected chi connectivity index (χ4v) is 0.411. The minimum atomic E-state index is -0.0741. The molecule has 2 N–H and O–H groups in total. The van der Waals surface area contributed by atoms with Gasteiger partial charge in [-0.2, -0.15) is 0 Å². The van der Waals surface area contributed by atoms with E-state index in [0.717, 1.165) is 0 Å². The van der Waals surface area contributed by atoms with Gasteiger partial charge in [-0.25, -0.2) is 0 Å². The van der Waals surface area contributed by atoms with Gasteiger partial charge in [-0.05, 0) is 6.08 Å². The Balaban J connectivity index is 2.48. The molecule has 0 saturated carbocycles. The molecule has 0 amide bonds. The molecule has 0 spiro atoms. The quantitative estimate of drug-likeness (QED) is 0.480. The molecule has 0 bridgehead atoms. The summed E-state index contributed by atoms with van der Waals surface area (Å²) >= 11 is 0. The minimum Gasteiger partial charge on any atom is -0.480 e. The van der Waals surface area contributed by atoms with Gasteiger partial charge in [-0.1, -0.05) is 0 Å². The summed E-state index contributed by atoms with van der Waals surface area (Å²) in [5.41, 5.74) is 0. The van der Waals surface area contributed by atoms with Gasteiger partial charge < -0.3 is 15.2 Å². The first kappa shape index (κ1) is 5.03. The molecular weight excluding hydrogens is 106 g/mol. The first-order chi connectivity index (χ1) is 3.89. The molecule has 0 aliphatic carbocycles. The molecule has 1 aliphatic rings. The first-order valence-electron chi connectivity index (χ1n) is 2.32. The average molecular weight is 113 g/mol. The van der Waals surface area contributed by atoms with E-state index in [1.165, 1.54) is 6.20 Å². The summed E-state index contributed by atoms with van der Waals surface area (Å²) < 4.78 is 4.67. The Morgan fingerprint density at radius 1 is 1.75 bits per heavy atom. The zero-order valence-corrected chi connectivity index (χ0v) is 4.29. The molecule has 8 heavy (non-hydrogen) atoms. The van der Waals surface area contributed by atoms with Gasteiger partial charge in [-0.15, -0.1) is 0 Å². The molecule has 44 valence electrons. The van der Waals surface area contributed by atoms with Crippen LogP contribution in [0, 0.1) is 0 Å². The second kappa shape index (κ2) is 2.26. The van der Waals surface area contributed by atoms with Crippen molar-refractivity contribution in [2.75, 3.05) is 6.61 Å². The Labute approximate surface area is 47.3 Å². The van der Waals surface area contributed by atoms with Crippen molar-refractivity contribution in [2.45, 2.75) is 0 Å². The normalized spacial score (nSPS) is 17.8. The molecule has 3 nitrogen and oxygen atoms in total. The van der Waals surface area contributed by atoms with Crippen LogP contribution >= 0.6 is 0 Å². The number of nitrogens with one attached hydrogen (secondary N) is 1. The second-order valence-corrected chi connectivity index (χ2v) is 1.36. The van der Waals surface area contributed by atoms with Gasteiger partial charge in [0.05, 0.1) is 6.20 Å². The van der Waals surface area contributed by atoms with E-state index in [0.29, 0.717) is 6.61 Å². The van der Waals surface area contributed by atoms with Crippen molar-refractivity contribution in [3.8, 4) is 0 Å². The largest absolute Gasteiger partial charge is 0.480 e. The predicted molar refractivity (Wildman–Crippen MR) is 28.9 cm³/mol. The summed E-state index contributed by atoms with van der Waals surface area (Å²) in [5, 5.41) is 11.3. The lowest BCUT2D eigenvalue weighted by molar-refractivity contribution is 0.112. The van der Waals surface area contributed by atoms with Crippen LogP contribution in [0.15, 0.2) is 24.4 Å². The van der Waals surface area contributed by atoms with Crippen LogP contribution in [0.25, 0.3) is 0 Å². The molecule has 0 aromatic heterocycles. The van der Waals surface area contributed by atoms with Crippen molar-refractivity contribution in [3.05, 3.63) is 24.4 Å². The molecule has 3 heteroatoms. The molecule has 0 radical (unpaired) electrons. The summed E-state index contributed by atoms with van der Waals surface area (Å²) in [6.07, 6.45) is 4.84. The van der Waals surface area contributed by atoms with Gasteiger partial charge >= 0.3 is 0 Å². The average Bonchev–Trinajstić information content (AvgIpc) is 1.94. The highest BCUT2D eigenvalue weighted by Gasteiger charge is 1.90.